The third-order valence-electron chi connectivity index (χ3n) is 5.26. The zero-order valence-corrected chi connectivity index (χ0v) is 17.4. The van der Waals surface area contributed by atoms with Crippen molar-refractivity contribution >= 4 is 23.2 Å². The van der Waals surface area contributed by atoms with Crippen LogP contribution < -0.4 is 14.8 Å². The zero-order valence-electron chi connectivity index (χ0n) is 16.6. The van der Waals surface area contributed by atoms with Crippen LogP contribution in [0.25, 0.3) is 0 Å². The highest BCUT2D eigenvalue weighted by molar-refractivity contribution is 6.32. The summed E-state index contributed by atoms with van der Waals surface area (Å²) in [5.41, 5.74) is 3.17. The molecule has 1 aliphatic heterocycles. The molecule has 1 N–H and O–H groups in total. The van der Waals surface area contributed by atoms with Crippen LogP contribution in [0.15, 0.2) is 36.4 Å². The summed E-state index contributed by atoms with van der Waals surface area (Å²) in [6.45, 7) is 4.75. The van der Waals surface area contributed by atoms with Gasteiger partial charge in [0.25, 0.3) is 0 Å². The van der Waals surface area contributed by atoms with E-state index < -0.39 is 0 Å². The lowest BCUT2D eigenvalue weighted by atomic mass is 9.96. The number of rotatable bonds is 6. The van der Waals surface area contributed by atoms with Crippen molar-refractivity contribution in [2.45, 2.75) is 26.3 Å². The SMILES string of the molecule is COc1cc(NC(=O)C2CCCN(Cc3ccccc3C)C2)c(OC)cc1Cl. The van der Waals surface area contributed by atoms with E-state index in [-0.39, 0.29) is 11.8 Å². The second kappa shape index (κ2) is 9.30. The van der Waals surface area contributed by atoms with Crippen LogP contribution in [0.1, 0.15) is 24.0 Å². The first-order valence-corrected chi connectivity index (χ1v) is 9.89. The summed E-state index contributed by atoms with van der Waals surface area (Å²) in [5, 5.41) is 3.44. The molecule has 1 aliphatic rings. The molecule has 1 unspecified atom stereocenters. The van der Waals surface area contributed by atoms with Crippen LogP contribution in [-0.4, -0.2) is 38.1 Å². The first-order chi connectivity index (χ1) is 13.5. The molecule has 1 saturated heterocycles. The highest BCUT2D eigenvalue weighted by atomic mass is 35.5. The van der Waals surface area contributed by atoms with Gasteiger partial charge in [-0.25, -0.2) is 0 Å². The van der Waals surface area contributed by atoms with Crippen molar-refractivity contribution < 1.29 is 14.3 Å². The first-order valence-electron chi connectivity index (χ1n) is 9.51. The Morgan fingerprint density at radius 2 is 1.96 bits per heavy atom. The Balaban J connectivity index is 1.68. The summed E-state index contributed by atoms with van der Waals surface area (Å²) < 4.78 is 10.6. The number of carbonyl (C=O) groups excluding carboxylic acids is 1. The van der Waals surface area contributed by atoms with E-state index in [1.807, 2.05) is 0 Å². The molecule has 1 heterocycles. The first kappa shape index (κ1) is 20.5. The van der Waals surface area contributed by atoms with Gasteiger partial charge in [0.2, 0.25) is 5.91 Å². The van der Waals surface area contributed by atoms with Gasteiger partial charge in [0.15, 0.2) is 0 Å². The van der Waals surface area contributed by atoms with Crippen LogP contribution in [0.5, 0.6) is 11.5 Å². The molecule has 1 fully saturated rings. The molecule has 28 heavy (non-hydrogen) atoms. The van der Waals surface area contributed by atoms with Crippen LogP contribution in [-0.2, 0) is 11.3 Å². The molecule has 5 nitrogen and oxygen atoms in total. The lowest BCUT2D eigenvalue weighted by Gasteiger charge is -2.32. The number of piperidine rings is 1. The number of hydrogen-bond acceptors (Lipinski definition) is 4. The summed E-state index contributed by atoms with van der Waals surface area (Å²) in [6.07, 6.45) is 1.88. The maximum Gasteiger partial charge on any atom is 0.228 e. The number of carbonyl (C=O) groups is 1. The van der Waals surface area contributed by atoms with E-state index in [2.05, 4.69) is 41.4 Å². The topological polar surface area (TPSA) is 50.8 Å². The molecule has 0 bridgehead atoms. The summed E-state index contributed by atoms with van der Waals surface area (Å²) >= 11 is 6.15. The Morgan fingerprint density at radius 3 is 2.68 bits per heavy atom. The Bertz CT molecular complexity index is 841. The quantitative estimate of drug-likeness (QED) is 0.772. The highest BCUT2D eigenvalue weighted by Gasteiger charge is 2.27. The number of aryl methyl sites for hydroxylation is 1. The molecule has 6 heteroatoms. The predicted octanol–water partition coefficient (Wildman–Crippen LogP) is 4.52. The Morgan fingerprint density at radius 1 is 1.21 bits per heavy atom. The summed E-state index contributed by atoms with van der Waals surface area (Å²) in [7, 11) is 3.10. The Hall–Kier alpha value is -2.24. The number of nitrogens with zero attached hydrogens (tertiary/aromatic N) is 1. The van der Waals surface area contributed by atoms with E-state index in [4.69, 9.17) is 21.1 Å². The lowest BCUT2D eigenvalue weighted by molar-refractivity contribution is -0.121. The van der Waals surface area contributed by atoms with Crippen molar-refractivity contribution in [3.05, 3.63) is 52.5 Å². The number of anilines is 1. The van der Waals surface area contributed by atoms with Gasteiger partial charge in [-0.2, -0.15) is 0 Å². The van der Waals surface area contributed by atoms with Crippen molar-refractivity contribution in [1.82, 2.24) is 4.90 Å². The largest absolute Gasteiger partial charge is 0.495 e. The number of halogens is 1. The average Bonchev–Trinajstić information content (AvgIpc) is 2.71. The van der Waals surface area contributed by atoms with Gasteiger partial charge >= 0.3 is 0 Å². The summed E-state index contributed by atoms with van der Waals surface area (Å²) in [6, 6.07) is 11.8. The van der Waals surface area contributed by atoms with Crippen LogP contribution in [0.2, 0.25) is 5.02 Å². The van der Waals surface area contributed by atoms with Crippen molar-refractivity contribution in [3.8, 4) is 11.5 Å². The molecule has 1 atom stereocenters. The molecule has 2 aromatic rings. The monoisotopic (exact) mass is 402 g/mol. The predicted molar refractivity (Wildman–Crippen MR) is 112 cm³/mol. The van der Waals surface area contributed by atoms with Gasteiger partial charge in [-0.05, 0) is 37.4 Å². The van der Waals surface area contributed by atoms with E-state index in [1.165, 1.54) is 11.1 Å². The smallest absolute Gasteiger partial charge is 0.228 e. The second-order valence-corrected chi connectivity index (χ2v) is 7.58. The normalized spacial score (nSPS) is 17.2. The van der Waals surface area contributed by atoms with Gasteiger partial charge in [-0.3, -0.25) is 9.69 Å². The zero-order chi connectivity index (χ0) is 20.1. The highest BCUT2D eigenvalue weighted by Crippen LogP contribution is 2.36. The third kappa shape index (κ3) is 4.78. The van der Waals surface area contributed by atoms with Crippen LogP contribution in [0, 0.1) is 12.8 Å². The van der Waals surface area contributed by atoms with Gasteiger partial charge < -0.3 is 14.8 Å². The van der Waals surface area contributed by atoms with Crippen molar-refractivity contribution in [3.63, 3.8) is 0 Å². The van der Waals surface area contributed by atoms with Crippen LogP contribution in [0.4, 0.5) is 5.69 Å². The standard InChI is InChI=1S/C22H27ClN2O3/c1-15-7-4-5-8-16(15)13-25-10-6-9-17(14-25)22(26)24-19-12-20(27-2)18(23)11-21(19)28-3/h4-5,7-8,11-12,17H,6,9-10,13-14H2,1-3H3,(H,24,26). The molecule has 150 valence electrons. The number of ether oxygens (including phenoxy) is 2. The number of methoxy groups -OCH3 is 2. The Labute approximate surface area is 171 Å². The van der Waals surface area contributed by atoms with Crippen molar-refractivity contribution in [2.24, 2.45) is 5.92 Å². The molecule has 0 aliphatic carbocycles. The van der Waals surface area contributed by atoms with Crippen LogP contribution >= 0.6 is 11.6 Å². The van der Waals surface area contributed by atoms with E-state index in [0.717, 1.165) is 32.5 Å². The van der Waals surface area contributed by atoms with Gasteiger partial charge in [-0.15, -0.1) is 0 Å². The van der Waals surface area contributed by atoms with Gasteiger partial charge in [0, 0.05) is 25.2 Å². The average molecular weight is 403 g/mol. The number of likely N-dealkylation sites (tertiary alicyclic amines) is 1. The van der Waals surface area contributed by atoms with Crippen molar-refractivity contribution in [1.29, 1.82) is 0 Å². The lowest BCUT2D eigenvalue weighted by Crippen LogP contribution is -2.40. The number of amides is 1. The summed E-state index contributed by atoms with van der Waals surface area (Å²) in [5.74, 6) is 0.954. The van der Waals surface area contributed by atoms with Gasteiger partial charge in [0.1, 0.15) is 11.5 Å². The van der Waals surface area contributed by atoms with Crippen LogP contribution in [0.3, 0.4) is 0 Å². The minimum absolute atomic E-state index is 0.00263. The minimum Gasteiger partial charge on any atom is -0.495 e. The number of hydrogen-bond donors (Lipinski definition) is 1. The van der Waals surface area contributed by atoms with E-state index >= 15 is 0 Å². The van der Waals surface area contributed by atoms with E-state index in [1.54, 1.807) is 26.4 Å². The molecule has 2 aromatic carbocycles. The molecule has 0 spiro atoms. The van der Waals surface area contributed by atoms with E-state index in [9.17, 15) is 4.79 Å². The fourth-order valence-electron chi connectivity index (χ4n) is 3.63. The number of benzene rings is 2. The molecule has 1 amide bonds. The molecule has 0 aromatic heterocycles. The van der Waals surface area contributed by atoms with E-state index in [0.29, 0.717) is 22.2 Å². The maximum absolute atomic E-state index is 12.9. The fraction of sp³-hybridized carbons (Fsp3) is 0.409. The maximum atomic E-state index is 12.9. The second-order valence-electron chi connectivity index (χ2n) is 7.18. The molecular weight excluding hydrogens is 376 g/mol. The van der Waals surface area contributed by atoms with Gasteiger partial charge in [-0.1, -0.05) is 35.9 Å². The molecule has 3 rings (SSSR count). The molecule has 0 radical (unpaired) electrons. The molecular formula is C22H27ClN2O3. The minimum atomic E-state index is -0.0656. The molecule has 0 saturated carbocycles. The van der Waals surface area contributed by atoms with Crippen molar-refractivity contribution in [2.75, 3.05) is 32.6 Å². The van der Waals surface area contributed by atoms with Gasteiger partial charge in [0.05, 0.1) is 30.8 Å². The number of nitrogens with one attached hydrogen (secondary N) is 1. The fourth-order valence-corrected chi connectivity index (χ4v) is 3.87. The third-order valence-corrected chi connectivity index (χ3v) is 5.56. The Kier molecular flexibility index (Phi) is 6.81. The summed E-state index contributed by atoms with van der Waals surface area (Å²) in [4.78, 5) is 15.3.